The number of halogens is 1. The summed E-state index contributed by atoms with van der Waals surface area (Å²) in [5, 5.41) is 13.6. The number of carbonyl (C=O) groups is 1. The number of anilines is 1. The Morgan fingerprint density at radius 1 is 1.42 bits per heavy atom. The summed E-state index contributed by atoms with van der Waals surface area (Å²) in [7, 11) is 0. The molecule has 1 aliphatic heterocycles. The molecule has 1 aromatic carbocycles. The van der Waals surface area contributed by atoms with Gasteiger partial charge in [-0.25, -0.2) is 4.79 Å². The SMILES string of the molecule is Cc1cc(Cl)cc(C)c1OCc1nccc(NC2CCOC2)c1C(=O)O. The van der Waals surface area contributed by atoms with Crippen LogP contribution in [0.5, 0.6) is 5.75 Å². The molecule has 0 bridgehead atoms. The summed E-state index contributed by atoms with van der Waals surface area (Å²) in [5.74, 6) is -0.349. The Morgan fingerprint density at radius 3 is 2.77 bits per heavy atom. The number of benzene rings is 1. The van der Waals surface area contributed by atoms with Crippen molar-refractivity contribution in [2.24, 2.45) is 0 Å². The summed E-state index contributed by atoms with van der Waals surface area (Å²) >= 11 is 6.04. The van der Waals surface area contributed by atoms with Crippen LogP contribution >= 0.6 is 11.6 Å². The number of aryl methyl sites for hydroxylation is 2. The van der Waals surface area contributed by atoms with Gasteiger partial charge >= 0.3 is 5.97 Å². The highest BCUT2D eigenvalue weighted by Crippen LogP contribution is 2.29. The molecule has 138 valence electrons. The van der Waals surface area contributed by atoms with Crippen LogP contribution < -0.4 is 10.1 Å². The summed E-state index contributed by atoms with van der Waals surface area (Å²) < 4.78 is 11.2. The quantitative estimate of drug-likeness (QED) is 0.797. The molecule has 2 heterocycles. The summed E-state index contributed by atoms with van der Waals surface area (Å²) in [6, 6.07) is 5.40. The largest absolute Gasteiger partial charge is 0.487 e. The Morgan fingerprint density at radius 2 is 2.15 bits per heavy atom. The first-order valence-electron chi connectivity index (χ1n) is 8.40. The number of aromatic nitrogens is 1. The van der Waals surface area contributed by atoms with E-state index in [1.54, 1.807) is 12.3 Å². The molecule has 2 aromatic rings. The molecule has 1 saturated heterocycles. The zero-order valence-electron chi connectivity index (χ0n) is 14.7. The fourth-order valence-corrected chi connectivity index (χ4v) is 3.43. The molecule has 26 heavy (non-hydrogen) atoms. The average molecular weight is 377 g/mol. The van der Waals surface area contributed by atoms with Gasteiger partial charge in [-0.3, -0.25) is 4.98 Å². The van der Waals surface area contributed by atoms with E-state index < -0.39 is 5.97 Å². The van der Waals surface area contributed by atoms with Gasteiger partial charge in [0.1, 0.15) is 17.9 Å². The Kier molecular flexibility index (Phi) is 5.64. The van der Waals surface area contributed by atoms with Crippen molar-refractivity contribution in [3.8, 4) is 5.75 Å². The van der Waals surface area contributed by atoms with E-state index in [9.17, 15) is 9.90 Å². The maximum absolute atomic E-state index is 11.8. The number of nitrogens with zero attached hydrogens (tertiary/aromatic N) is 1. The Labute approximate surface area is 157 Å². The van der Waals surface area contributed by atoms with Gasteiger partial charge in [-0.2, -0.15) is 0 Å². The molecule has 1 unspecified atom stereocenters. The van der Waals surface area contributed by atoms with Crippen molar-refractivity contribution in [1.82, 2.24) is 4.98 Å². The number of nitrogens with one attached hydrogen (secondary N) is 1. The number of rotatable bonds is 6. The lowest BCUT2D eigenvalue weighted by atomic mass is 10.1. The second-order valence-corrected chi connectivity index (χ2v) is 6.78. The molecule has 7 heteroatoms. The van der Waals surface area contributed by atoms with Crippen molar-refractivity contribution in [2.45, 2.75) is 32.9 Å². The van der Waals surface area contributed by atoms with Crippen molar-refractivity contribution in [1.29, 1.82) is 0 Å². The molecule has 6 nitrogen and oxygen atoms in total. The first-order chi connectivity index (χ1) is 12.5. The molecular weight excluding hydrogens is 356 g/mol. The average Bonchev–Trinajstić information content (AvgIpc) is 3.06. The highest BCUT2D eigenvalue weighted by atomic mass is 35.5. The van der Waals surface area contributed by atoms with Crippen LogP contribution in [-0.4, -0.2) is 35.3 Å². The van der Waals surface area contributed by atoms with E-state index in [1.807, 2.05) is 26.0 Å². The van der Waals surface area contributed by atoms with Crippen LogP contribution in [0.2, 0.25) is 5.02 Å². The molecule has 1 fully saturated rings. The van der Waals surface area contributed by atoms with Crippen molar-refractivity contribution in [3.63, 3.8) is 0 Å². The molecule has 1 atom stereocenters. The molecule has 0 saturated carbocycles. The summed E-state index contributed by atoms with van der Waals surface area (Å²) in [6.45, 7) is 5.10. The lowest BCUT2D eigenvalue weighted by molar-refractivity contribution is 0.0694. The maximum Gasteiger partial charge on any atom is 0.339 e. The smallest absolute Gasteiger partial charge is 0.339 e. The second-order valence-electron chi connectivity index (χ2n) is 6.35. The third-order valence-corrected chi connectivity index (χ3v) is 4.53. The summed E-state index contributed by atoms with van der Waals surface area (Å²) in [5.41, 5.74) is 2.82. The number of hydrogen-bond donors (Lipinski definition) is 2. The van der Waals surface area contributed by atoms with Crippen LogP contribution in [-0.2, 0) is 11.3 Å². The van der Waals surface area contributed by atoms with Gasteiger partial charge in [0, 0.05) is 17.8 Å². The normalized spacial score (nSPS) is 16.5. The van der Waals surface area contributed by atoms with E-state index >= 15 is 0 Å². The van der Waals surface area contributed by atoms with Crippen LogP contribution in [0.15, 0.2) is 24.4 Å². The zero-order chi connectivity index (χ0) is 18.7. The predicted molar refractivity (Wildman–Crippen MR) is 99.3 cm³/mol. The molecule has 0 amide bonds. The third kappa shape index (κ3) is 4.08. The van der Waals surface area contributed by atoms with Crippen molar-refractivity contribution in [2.75, 3.05) is 18.5 Å². The number of hydrogen-bond acceptors (Lipinski definition) is 5. The van der Waals surface area contributed by atoms with Gasteiger partial charge in [0.25, 0.3) is 0 Å². The van der Waals surface area contributed by atoms with E-state index in [0.717, 1.165) is 17.5 Å². The van der Waals surface area contributed by atoms with Crippen LogP contribution in [0.1, 0.15) is 33.6 Å². The standard InChI is InChI=1S/C19H21ClN2O4/c1-11-7-13(20)8-12(2)18(11)26-10-16-17(19(23)24)15(3-5-21-16)22-14-4-6-25-9-14/h3,5,7-8,14H,4,6,9-10H2,1-2H3,(H,21,22)(H,23,24). The first kappa shape index (κ1) is 18.5. The number of pyridine rings is 1. The molecule has 3 rings (SSSR count). The van der Waals surface area contributed by atoms with E-state index in [2.05, 4.69) is 10.3 Å². The molecule has 1 aromatic heterocycles. The molecular formula is C19H21ClN2O4. The number of ether oxygens (including phenoxy) is 2. The highest BCUT2D eigenvalue weighted by molar-refractivity contribution is 6.30. The van der Waals surface area contributed by atoms with E-state index in [-0.39, 0.29) is 18.2 Å². The Bertz CT molecular complexity index is 796. The molecule has 0 aliphatic carbocycles. The molecule has 0 spiro atoms. The van der Waals surface area contributed by atoms with Gasteiger partial charge in [-0.05, 0) is 49.6 Å². The van der Waals surface area contributed by atoms with Crippen molar-refractivity contribution < 1.29 is 19.4 Å². The van der Waals surface area contributed by atoms with Crippen LogP contribution in [0, 0.1) is 13.8 Å². The molecule has 1 aliphatic rings. The topological polar surface area (TPSA) is 80.7 Å². The predicted octanol–water partition coefficient (Wildman–Crippen LogP) is 3.83. The molecule has 2 N–H and O–H groups in total. The number of carboxylic acid groups (broad SMARTS) is 1. The first-order valence-corrected chi connectivity index (χ1v) is 8.78. The lowest BCUT2D eigenvalue weighted by Gasteiger charge is -2.17. The minimum atomic E-state index is -1.04. The minimum absolute atomic E-state index is 0.0572. The van der Waals surface area contributed by atoms with E-state index in [1.165, 1.54) is 0 Å². The van der Waals surface area contributed by atoms with E-state index in [4.69, 9.17) is 21.1 Å². The van der Waals surface area contributed by atoms with Crippen LogP contribution in [0.25, 0.3) is 0 Å². The van der Waals surface area contributed by atoms with Gasteiger partial charge in [-0.15, -0.1) is 0 Å². The number of aromatic carboxylic acids is 1. The minimum Gasteiger partial charge on any atom is -0.487 e. The third-order valence-electron chi connectivity index (χ3n) is 4.31. The lowest BCUT2D eigenvalue weighted by Crippen LogP contribution is -2.22. The van der Waals surface area contributed by atoms with E-state index in [0.29, 0.717) is 35.4 Å². The highest BCUT2D eigenvalue weighted by Gasteiger charge is 2.22. The van der Waals surface area contributed by atoms with Crippen LogP contribution in [0.3, 0.4) is 0 Å². The van der Waals surface area contributed by atoms with Gasteiger partial charge in [0.05, 0.1) is 24.0 Å². The fourth-order valence-electron chi connectivity index (χ4n) is 3.11. The van der Waals surface area contributed by atoms with Gasteiger partial charge in [-0.1, -0.05) is 11.6 Å². The Hall–Kier alpha value is -2.31. The van der Waals surface area contributed by atoms with Crippen molar-refractivity contribution >= 4 is 23.3 Å². The maximum atomic E-state index is 11.8. The van der Waals surface area contributed by atoms with Crippen LogP contribution in [0.4, 0.5) is 5.69 Å². The second kappa shape index (κ2) is 7.93. The van der Waals surface area contributed by atoms with Crippen molar-refractivity contribution in [3.05, 3.63) is 51.8 Å². The Balaban J connectivity index is 1.84. The fraction of sp³-hybridized carbons (Fsp3) is 0.368. The van der Waals surface area contributed by atoms with Gasteiger partial charge < -0.3 is 19.9 Å². The zero-order valence-corrected chi connectivity index (χ0v) is 15.5. The van der Waals surface area contributed by atoms with Gasteiger partial charge in [0.15, 0.2) is 0 Å². The monoisotopic (exact) mass is 376 g/mol. The molecule has 0 radical (unpaired) electrons. The van der Waals surface area contributed by atoms with Gasteiger partial charge in [0.2, 0.25) is 0 Å². The summed E-state index contributed by atoms with van der Waals surface area (Å²) in [4.78, 5) is 16.0. The number of carboxylic acids is 1. The summed E-state index contributed by atoms with van der Waals surface area (Å²) in [6.07, 6.45) is 2.43.